The molecule has 0 spiro atoms. The van der Waals surface area contributed by atoms with Crippen molar-refractivity contribution in [3.63, 3.8) is 0 Å². The molecule has 5 nitrogen and oxygen atoms in total. The average molecular weight is 396 g/mol. The summed E-state index contributed by atoms with van der Waals surface area (Å²) in [5, 5.41) is 9.89. The van der Waals surface area contributed by atoms with E-state index in [2.05, 4.69) is 11.1 Å². The Hall–Kier alpha value is -2.79. The van der Waals surface area contributed by atoms with Crippen LogP contribution in [0.5, 0.6) is 5.75 Å². The molecule has 1 amide bonds. The molecule has 6 heteroatoms. The zero-order chi connectivity index (χ0) is 18.4. The first-order valence-corrected chi connectivity index (χ1v) is 9.47. The molecule has 0 saturated carbocycles. The number of phenols is 1. The van der Waals surface area contributed by atoms with Gasteiger partial charge in [0.2, 0.25) is 0 Å². The molecular weight excluding hydrogens is 374 g/mol. The number of benzene rings is 2. The van der Waals surface area contributed by atoms with Gasteiger partial charge >= 0.3 is 6.03 Å². The highest BCUT2D eigenvalue weighted by Crippen LogP contribution is 2.41. The molecule has 0 bridgehead atoms. The minimum atomic E-state index is -0.0410. The van der Waals surface area contributed by atoms with Crippen LogP contribution in [0.1, 0.15) is 41.3 Å². The Labute approximate surface area is 170 Å². The molecule has 0 saturated heterocycles. The number of carbonyl (C=O) groups is 1. The van der Waals surface area contributed by atoms with Crippen molar-refractivity contribution in [3.05, 3.63) is 77.4 Å². The molecule has 1 atom stereocenters. The average Bonchev–Trinajstić information content (AvgIpc) is 3.30. The SMILES string of the molecule is Cl.O=C(N1CC(c2cccc(O)c2)c2ccccc21)n1cnc2c1CCCC2. The number of aromatic nitrogens is 2. The van der Waals surface area contributed by atoms with E-state index in [1.165, 1.54) is 0 Å². The summed E-state index contributed by atoms with van der Waals surface area (Å²) in [7, 11) is 0. The largest absolute Gasteiger partial charge is 0.508 e. The lowest BCUT2D eigenvalue weighted by Crippen LogP contribution is -2.34. The summed E-state index contributed by atoms with van der Waals surface area (Å²) < 4.78 is 1.73. The molecule has 2 heterocycles. The zero-order valence-electron chi connectivity index (χ0n) is 15.4. The Morgan fingerprint density at radius 2 is 1.89 bits per heavy atom. The van der Waals surface area contributed by atoms with Crippen LogP contribution in [0.2, 0.25) is 0 Å². The van der Waals surface area contributed by atoms with E-state index in [-0.39, 0.29) is 30.1 Å². The maximum atomic E-state index is 13.4. The van der Waals surface area contributed by atoms with Gasteiger partial charge in [-0.25, -0.2) is 9.78 Å². The van der Waals surface area contributed by atoms with Crippen molar-refractivity contribution in [3.8, 4) is 5.75 Å². The van der Waals surface area contributed by atoms with Gasteiger partial charge < -0.3 is 5.11 Å². The van der Waals surface area contributed by atoms with E-state index in [0.29, 0.717) is 6.54 Å². The van der Waals surface area contributed by atoms with Gasteiger partial charge in [0.15, 0.2) is 0 Å². The number of carbonyl (C=O) groups excluding carboxylic acids is 1. The van der Waals surface area contributed by atoms with E-state index >= 15 is 0 Å². The monoisotopic (exact) mass is 395 g/mol. The van der Waals surface area contributed by atoms with Crippen molar-refractivity contribution < 1.29 is 9.90 Å². The molecular formula is C22H22ClN3O2. The summed E-state index contributed by atoms with van der Waals surface area (Å²) in [6.45, 7) is 0.564. The number of hydrogen-bond donors (Lipinski definition) is 1. The number of halogens is 1. The molecule has 144 valence electrons. The second-order valence-corrected chi connectivity index (χ2v) is 7.31. The number of fused-ring (bicyclic) bond motifs is 2. The van der Waals surface area contributed by atoms with E-state index in [1.807, 2.05) is 35.2 Å². The third-order valence-electron chi connectivity index (χ3n) is 5.71. The fraction of sp³-hybridized carbons (Fsp3) is 0.273. The van der Waals surface area contributed by atoms with Crippen molar-refractivity contribution >= 4 is 24.1 Å². The Morgan fingerprint density at radius 1 is 1.07 bits per heavy atom. The van der Waals surface area contributed by atoms with Crippen LogP contribution in [0, 0.1) is 0 Å². The lowest BCUT2D eigenvalue weighted by molar-refractivity contribution is 0.247. The molecule has 2 aromatic carbocycles. The predicted octanol–water partition coefficient (Wildman–Crippen LogP) is 4.51. The van der Waals surface area contributed by atoms with Gasteiger partial charge in [-0.15, -0.1) is 12.4 Å². The molecule has 1 aliphatic heterocycles. The van der Waals surface area contributed by atoms with E-state index in [9.17, 15) is 9.90 Å². The Kier molecular flexibility index (Phi) is 4.85. The van der Waals surface area contributed by atoms with Crippen molar-refractivity contribution in [2.75, 3.05) is 11.4 Å². The lowest BCUT2D eigenvalue weighted by Gasteiger charge is -2.21. The van der Waals surface area contributed by atoms with Crippen molar-refractivity contribution in [2.24, 2.45) is 0 Å². The third-order valence-corrected chi connectivity index (χ3v) is 5.71. The second kappa shape index (κ2) is 7.32. The summed E-state index contributed by atoms with van der Waals surface area (Å²) in [5.74, 6) is 0.301. The van der Waals surface area contributed by atoms with E-state index in [1.54, 1.807) is 23.0 Å². The smallest absolute Gasteiger partial charge is 0.334 e. The van der Waals surface area contributed by atoms with Crippen LogP contribution in [0.4, 0.5) is 10.5 Å². The number of aryl methyl sites for hydroxylation is 1. The number of imidazole rings is 1. The third kappa shape index (κ3) is 2.96. The van der Waals surface area contributed by atoms with Crippen LogP contribution in [0.3, 0.4) is 0 Å². The van der Waals surface area contributed by atoms with Crippen molar-refractivity contribution in [1.29, 1.82) is 0 Å². The van der Waals surface area contributed by atoms with Crippen LogP contribution in [0.15, 0.2) is 54.9 Å². The lowest BCUT2D eigenvalue weighted by atomic mass is 9.93. The quantitative estimate of drug-likeness (QED) is 0.659. The highest BCUT2D eigenvalue weighted by Gasteiger charge is 2.35. The van der Waals surface area contributed by atoms with Gasteiger partial charge in [0.25, 0.3) is 0 Å². The molecule has 3 aromatic rings. The minimum absolute atomic E-state index is 0. The fourth-order valence-electron chi connectivity index (χ4n) is 4.38. The summed E-state index contributed by atoms with van der Waals surface area (Å²) >= 11 is 0. The van der Waals surface area contributed by atoms with Crippen molar-refractivity contribution in [2.45, 2.75) is 31.6 Å². The molecule has 0 radical (unpaired) electrons. The summed E-state index contributed by atoms with van der Waals surface area (Å²) in [6, 6.07) is 15.3. The Morgan fingerprint density at radius 3 is 2.75 bits per heavy atom. The van der Waals surface area contributed by atoms with E-state index < -0.39 is 0 Å². The number of hydrogen-bond acceptors (Lipinski definition) is 3. The zero-order valence-corrected chi connectivity index (χ0v) is 16.2. The molecule has 2 aliphatic rings. The van der Waals surface area contributed by atoms with Gasteiger partial charge in [-0.05, 0) is 55.0 Å². The van der Waals surface area contributed by atoms with Crippen LogP contribution >= 0.6 is 12.4 Å². The van der Waals surface area contributed by atoms with Crippen LogP contribution in [0.25, 0.3) is 0 Å². The first-order valence-electron chi connectivity index (χ1n) is 9.47. The second-order valence-electron chi connectivity index (χ2n) is 7.31. The first kappa shape index (κ1) is 18.6. The molecule has 1 aromatic heterocycles. The standard InChI is InChI=1S/C22H21N3O2.ClH/c26-16-7-5-6-15(12-16)18-13-24(20-10-3-1-8-17(18)20)22(27)25-14-23-19-9-2-4-11-21(19)25;/h1,3,5-8,10,12,14,18,26H,2,4,9,11,13H2;1H. The van der Waals surface area contributed by atoms with Gasteiger partial charge in [0.1, 0.15) is 12.1 Å². The highest BCUT2D eigenvalue weighted by atomic mass is 35.5. The van der Waals surface area contributed by atoms with Crippen LogP contribution in [-0.2, 0) is 12.8 Å². The number of rotatable bonds is 1. The van der Waals surface area contributed by atoms with E-state index in [0.717, 1.165) is 53.9 Å². The van der Waals surface area contributed by atoms with Gasteiger partial charge in [-0.3, -0.25) is 9.47 Å². The number of nitrogens with zero attached hydrogens (tertiary/aromatic N) is 3. The topological polar surface area (TPSA) is 58.4 Å². The summed E-state index contributed by atoms with van der Waals surface area (Å²) in [4.78, 5) is 19.7. The van der Waals surface area contributed by atoms with Crippen molar-refractivity contribution in [1.82, 2.24) is 9.55 Å². The maximum Gasteiger partial charge on any atom is 0.334 e. The number of phenolic OH excluding ortho intramolecular Hbond substituents is 1. The number of aromatic hydroxyl groups is 1. The predicted molar refractivity (Wildman–Crippen MR) is 111 cm³/mol. The number of amides is 1. The molecule has 5 rings (SSSR count). The number of anilines is 1. The van der Waals surface area contributed by atoms with Crippen LogP contribution < -0.4 is 4.90 Å². The minimum Gasteiger partial charge on any atom is -0.508 e. The van der Waals surface area contributed by atoms with Crippen LogP contribution in [-0.4, -0.2) is 27.2 Å². The first-order chi connectivity index (χ1) is 13.2. The Bertz CT molecular complexity index is 1030. The molecule has 1 N–H and O–H groups in total. The molecule has 0 fully saturated rings. The molecule has 1 aliphatic carbocycles. The van der Waals surface area contributed by atoms with E-state index in [4.69, 9.17) is 0 Å². The highest BCUT2D eigenvalue weighted by molar-refractivity contribution is 5.97. The van der Waals surface area contributed by atoms with Gasteiger partial charge in [0, 0.05) is 18.2 Å². The molecule has 28 heavy (non-hydrogen) atoms. The summed E-state index contributed by atoms with van der Waals surface area (Å²) in [6.07, 6.45) is 5.80. The maximum absolute atomic E-state index is 13.4. The Balaban J connectivity index is 0.00000192. The fourth-order valence-corrected chi connectivity index (χ4v) is 4.38. The summed E-state index contributed by atoms with van der Waals surface area (Å²) in [5.41, 5.74) is 5.20. The van der Waals surface area contributed by atoms with Gasteiger partial charge in [-0.1, -0.05) is 30.3 Å². The number of para-hydroxylation sites is 1. The van der Waals surface area contributed by atoms with Gasteiger partial charge in [-0.2, -0.15) is 0 Å². The molecule has 1 unspecified atom stereocenters. The normalized spacial score (nSPS) is 17.6. The van der Waals surface area contributed by atoms with Gasteiger partial charge in [0.05, 0.1) is 11.4 Å².